The maximum Gasteiger partial charge on any atom is 0.260 e. The first-order valence-corrected chi connectivity index (χ1v) is 12.3. The molecule has 0 saturated carbocycles. The molecule has 5 rings (SSSR count). The number of nitrogens with one attached hydrogen (secondary N) is 1. The first-order chi connectivity index (χ1) is 16.1. The lowest BCUT2D eigenvalue weighted by Gasteiger charge is -2.30. The van der Waals surface area contributed by atoms with E-state index in [1.807, 2.05) is 29.2 Å². The molecule has 6 nitrogen and oxygen atoms in total. The second kappa shape index (κ2) is 9.46. The molecule has 3 heterocycles. The zero-order valence-electron chi connectivity index (χ0n) is 19.4. The summed E-state index contributed by atoms with van der Waals surface area (Å²) >= 11 is 0. The molecule has 174 valence electrons. The van der Waals surface area contributed by atoms with Gasteiger partial charge in [-0.05, 0) is 73.9 Å². The van der Waals surface area contributed by atoms with Crippen LogP contribution in [0.1, 0.15) is 61.1 Å². The van der Waals surface area contributed by atoms with E-state index in [0.717, 1.165) is 55.8 Å². The molecule has 6 heteroatoms. The van der Waals surface area contributed by atoms with Crippen molar-refractivity contribution in [1.82, 2.24) is 4.90 Å². The predicted molar refractivity (Wildman–Crippen MR) is 130 cm³/mol. The second-order valence-electron chi connectivity index (χ2n) is 9.47. The lowest BCUT2D eigenvalue weighted by molar-refractivity contribution is -0.134. The standard InChI is InChI=1S/C27H33N3O3/c1-19-24(29-13-5-6-14-29)12-11-22-23(17-25(31)28-27(19)22)20-7-9-21(10-8-20)33-18-26(32)30-15-3-2-4-16-30/h7-12,23H,2-6,13-18H2,1H3,(H,28,31). The second-order valence-corrected chi connectivity index (χ2v) is 9.47. The number of amides is 2. The summed E-state index contributed by atoms with van der Waals surface area (Å²) in [4.78, 5) is 29.3. The summed E-state index contributed by atoms with van der Waals surface area (Å²) in [5.41, 5.74) is 5.61. The molecule has 2 aromatic rings. The Morgan fingerprint density at radius 3 is 2.39 bits per heavy atom. The third kappa shape index (κ3) is 4.56. The first kappa shape index (κ1) is 21.8. The summed E-state index contributed by atoms with van der Waals surface area (Å²) < 4.78 is 5.77. The summed E-state index contributed by atoms with van der Waals surface area (Å²) in [5, 5.41) is 3.13. The number of hydrogen-bond acceptors (Lipinski definition) is 4. The van der Waals surface area contributed by atoms with Gasteiger partial charge in [-0.25, -0.2) is 0 Å². The monoisotopic (exact) mass is 447 g/mol. The van der Waals surface area contributed by atoms with Crippen molar-refractivity contribution in [3.8, 4) is 5.75 Å². The number of benzene rings is 2. The van der Waals surface area contributed by atoms with Crippen molar-refractivity contribution in [3.63, 3.8) is 0 Å². The van der Waals surface area contributed by atoms with Crippen LogP contribution in [0.2, 0.25) is 0 Å². The molecule has 0 bridgehead atoms. The Morgan fingerprint density at radius 2 is 1.67 bits per heavy atom. The van der Waals surface area contributed by atoms with Crippen LogP contribution in [-0.4, -0.2) is 49.5 Å². The molecular weight excluding hydrogens is 414 g/mol. The van der Waals surface area contributed by atoms with Gasteiger partial charge in [0, 0.05) is 49.9 Å². The molecule has 3 aliphatic heterocycles. The fourth-order valence-electron chi connectivity index (χ4n) is 5.44. The molecule has 0 spiro atoms. The number of rotatable bonds is 5. The molecule has 1 N–H and O–H groups in total. The number of carbonyl (C=O) groups excluding carboxylic acids is 2. The minimum Gasteiger partial charge on any atom is -0.484 e. The molecule has 2 aromatic carbocycles. The fraction of sp³-hybridized carbons (Fsp3) is 0.481. The number of anilines is 2. The van der Waals surface area contributed by atoms with Crippen molar-refractivity contribution in [2.24, 2.45) is 0 Å². The number of likely N-dealkylation sites (tertiary alicyclic amines) is 1. The lowest BCUT2D eigenvalue weighted by atomic mass is 9.83. The third-order valence-corrected chi connectivity index (χ3v) is 7.30. The first-order valence-electron chi connectivity index (χ1n) is 12.3. The summed E-state index contributed by atoms with van der Waals surface area (Å²) in [6.45, 7) is 6.03. The van der Waals surface area contributed by atoms with Crippen molar-refractivity contribution in [3.05, 3.63) is 53.1 Å². The molecular formula is C27H33N3O3. The Hall–Kier alpha value is -3.02. The average molecular weight is 448 g/mol. The van der Waals surface area contributed by atoms with Crippen molar-refractivity contribution >= 4 is 23.2 Å². The molecule has 0 aromatic heterocycles. The molecule has 2 saturated heterocycles. The van der Waals surface area contributed by atoms with E-state index in [-0.39, 0.29) is 24.3 Å². The number of carbonyl (C=O) groups is 2. The average Bonchev–Trinajstić information content (AvgIpc) is 3.38. The van der Waals surface area contributed by atoms with Crippen LogP contribution >= 0.6 is 0 Å². The zero-order chi connectivity index (χ0) is 22.8. The van der Waals surface area contributed by atoms with E-state index >= 15 is 0 Å². The maximum absolute atomic E-state index is 12.6. The largest absolute Gasteiger partial charge is 0.484 e. The van der Waals surface area contributed by atoms with E-state index in [1.165, 1.54) is 30.5 Å². The van der Waals surface area contributed by atoms with Gasteiger partial charge in [0.1, 0.15) is 5.75 Å². The molecule has 0 radical (unpaired) electrons. The highest BCUT2D eigenvalue weighted by atomic mass is 16.5. The summed E-state index contributed by atoms with van der Waals surface area (Å²) in [6, 6.07) is 12.3. The molecule has 2 fully saturated rings. The van der Waals surface area contributed by atoms with Gasteiger partial charge in [0.25, 0.3) is 5.91 Å². The minimum atomic E-state index is 0.0177. The highest BCUT2D eigenvalue weighted by molar-refractivity contribution is 5.97. The van der Waals surface area contributed by atoms with Crippen LogP contribution in [0.15, 0.2) is 36.4 Å². The van der Waals surface area contributed by atoms with Gasteiger partial charge in [-0.15, -0.1) is 0 Å². The Balaban J connectivity index is 1.31. The molecule has 1 unspecified atom stereocenters. The Kier molecular flexibility index (Phi) is 6.25. The van der Waals surface area contributed by atoms with Crippen molar-refractivity contribution in [2.45, 2.75) is 51.4 Å². The molecule has 3 aliphatic rings. The topological polar surface area (TPSA) is 61.9 Å². The highest BCUT2D eigenvalue weighted by Crippen LogP contribution is 2.42. The number of hydrogen-bond donors (Lipinski definition) is 1. The van der Waals surface area contributed by atoms with E-state index in [2.05, 4.69) is 29.3 Å². The van der Waals surface area contributed by atoms with Gasteiger partial charge in [0.05, 0.1) is 0 Å². The zero-order valence-corrected chi connectivity index (χ0v) is 19.4. The highest BCUT2D eigenvalue weighted by Gasteiger charge is 2.29. The SMILES string of the molecule is Cc1c(N2CCCC2)ccc2c1NC(=O)CC2c1ccc(OCC(=O)N2CCCCC2)cc1. The van der Waals surface area contributed by atoms with Gasteiger partial charge < -0.3 is 19.9 Å². The Labute approximate surface area is 195 Å². The summed E-state index contributed by atoms with van der Waals surface area (Å²) in [6.07, 6.45) is 6.25. The van der Waals surface area contributed by atoms with Crippen LogP contribution < -0.4 is 15.0 Å². The van der Waals surface area contributed by atoms with E-state index in [9.17, 15) is 9.59 Å². The van der Waals surface area contributed by atoms with Crippen molar-refractivity contribution < 1.29 is 14.3 Å². The van der Waals surface area contributed by atoms with Gasteiger partial charge in [0.15, 0.2) is 6.61 Å². The number of piperidine rings is 1. The quantitative estimate of drug-likeness (QED) is 0.735. The van der Waals surface area contributed by atoms with Gasteiger partial charge in [0.2, 0.25) is 5.91 Å². The molecule has 0 aliphatic carbocycles. The van der Waals surface area contributed by atoms with E-state index in [1.54, 1.807) is 0 Å². The van der Waals surface area contributed by atoms with Gasteiger partial charge in [-0.3, -0.25) is 9.59 Å². The lowest BCUT2D eigenvalue weighted by Crippen LogP contribution is -2.38. The predicted octanol–water partition coefficient (Wildman–Crippen LogP) is 4.46. The Bertz CT molecular complexity index is 1020. The van der Waals surface area contributed by atoms with Gasteiger partial charge >= 0.3 is 0 Å². The van der Waals surface area contributed by atoms with Gasteiger partial charge in [-0.1, -0.05) is 18.2 Å². The summed E-state index contributed by atoms with van der Waals surface area (Å²) in [7, 11) is 0. The number of ether oxygens (including phenoxy) is 1. The van der Waals surface area contributed by atoms with E-state index in [0.29, 0.717) is 12.2 Å². The van der Waals surface area contributed by atoms with Crippen LogP contribution in [0.3, 0.4) is 0 Å². The fourth-order valence-corrected chi connectivity index (χ4v) is 5.44. The normalized spacial score (nSPS) is 20.4. The van der Waals surface area contributed by atoms with Crippen molar-refractivity contribution in [2.75, 3.05) is 43.0 Å². The van der Waals surface area contributed by atoms with Crippen LogP contribution in [0.25, 0.3) is 0 Å². The number of nitrogens with zero attached hydrogens (tertiary/aromatic N) is 2. The van der Waals surface area contributed by atoms with E-state index in [4.69, 9.17) is 4.74 Å². The van der Waals surface area contributed by atoms with Crippen LogP contribution in [0.5, 0.6) is 5.75 Å². The minimum absolute atomic E-state index is 0.0177. The maximum atomic E-state index is 12.6. The number of fused-ring (bicyclic) bond motifs is 1. The van der Waals surface area contributed by atoms with Crippen molar-refractivity contribution in [1.29, 1.82) is 0 Å². The van der Waals surface area contributed by atoms with Crippen LogP contribution in [0, 0.1) is 6.92 Å². The third-order valence-electron chi connectivity index (χ3n) is 7.30. The molecule has 1 atom stereocenters. The molecule has 33 heavy (non-hydrogen) atoms. The van der Waals surface area contributed by atoms with E-state index < -0.39 is 0 Å². The smallest absolute Gasteiger partial charge is 0.260 e. The van der Waals surface area contributed by atoms with Crippen LogP contribution in [0.4, 0.5) is 11.4 Å². The Morgan fingerprint density at radius 1 is 0.970 bits per heavy atom. The summed E-state index contributed by atoms with van der Waals surface area (Å²) in [5.74, 6) is 0.817. The van der Waals surface area contributed by atoms with Crippen LogP contribution in [-0.2, 0) is 9.59 Å². The molecule has 2 amide bonds. The van der Waals surface area contributed by atoms with Gasteiger partial charge in [-0.2, -0.15) is 0 Å².